The Morgan fingerprint density at radius 1 is 1.44 bits per heavy atom. The van der Waals surface area contributed by atoms with Crippen LogP contribution in [-0.4, -0.2) is 19.1 Å². The molecule has 0 bridgehead atoms. The predicted octanol–water partition coefficient (Wildman–Crippen LogP) is 4.04. The third-order valence-electron chi connectivity index (χ3n) is 2.74. The van der Waals surface area contributed by atoms with Gasteiger partial charge in [-0.2, -0.15) is 0 Å². The highest BCUT2D eigenvalue weighted by Gasteiger charge is 2.11. The van der Waals surface area contributed by atoms with Crippen molar-refractivity contribution in [2.45, 2.75) is 13.0 Å². The quantitative estimate of drug-likeness (QED) is 0.917. The number of thiophene rings is 1. The molecule has 0 amide bonds. The molecule has 18 heavy (non-hydrogen) atoms. The molecule has 0 aliphatic heterocycles. The average molecular weight is 282 g/mol. The van der Waals surface area contributed by atoms with Gasteiger partial charge in [-0.15, -0.1) is 11.3 Å². The monoisotopic (exact) mass is 281 g/mol. The largest absolute Gasteiger partial charge is 0.376 e. The van der Waals surface area contributed by atoms with Crippen molar-refractivity contribution < 1.29 is 0 Å². The lowest BCUT2D eigenvalue weighted by Crippen LogP contribution is -2.14. The summed E-state index contributed by atoms with van der Waals surface area (Å²) in [5.41, 5.74) is 3.34. The van der Waals surface area contributed by atoms with Crippen molar-refractivity contribution in [2.75, 3.05) is 24.3 Å². The number of halogens is 1. The molecule has 0 saturated heterocycles. The van der Waals surface area contributed by atoms with E-state index >= 15 is 0 Å². The van der Waals surface area contributed by atoms with E-state index in [0.717, 1.165) is 15.7 Å². The molecule has 1 unspecified atom stereocenters. The van der Waals surface area contributed by atoms with Gasteiger partial charge < -0.3 is 10.2 Å². The molecule has 3 nitrogen and oxygen atoms in total. The van der Waals surface area contributed by atoms with Crippen LogP contribution in [0.4, 0.5) is 11.4 Å². The van der Waals surface area contributed by atoms with Crippen LogP contribution in [0.15, 0.2) is 29.9 Å². The Balaban J connectivity index is 2.19. The standard InChI is InChI=1S/C13H16ClN3S/c1-9(10-6-13(14)18-8-10)16-11-7-15-5-4-12(11)17(2)3/h4-9,16H,1-3H3. The Morgan fingerprint density at radius 2 is 2.22 bits per heavy atom. The van der Waals surface area contributed by atoms with Gasteiger partial charge in [-0.1, -0.05) is 11.6 Å². The Bertz CT molecular complexity index is 524. The fourth-order valence-corrected chi connectivity index (χ4v) is 2.74. The van der Waals surface area contributed by atoms with Crippen LogP contribution < -0.4 is 10.2 Å². The van der Waals surface area contributed by atoms with Crippen LogP contribution in [0, 0.1) is 0 Å². The molecule has 0 aliphatic carbocycles. The summed E-state index contributed by atoms with van der Waals surface area (Å²) in [5, 5.41) is 5.54. The van der Waals surface area contributed by atoms with E-state index in [9.17, 15) is 0 Å². The van der Waals surface area contributed by atoms with Crippen molar-refractivity contribution in [2.24, 2.45) is 0 Å². The van der Waals surface area contributed by atoms with E-state index in [1.165, 1.54) is 5.56 Å². The zero-order chi connectivity index (χ0) is 13.1. The minimum Gasteiger partial charge on any atom is -0.376 e. The summed E-state index contributed by atoms with van der Waals surface area (Å²) in [5.74, 6) is 0. The number of hydrogen-bond acceptors (Lipinski definition) is 4. The summed E-state index contributed by atoms with van der Waals surface area (Å²) >= 11 is 7.51. The maximum absolute atomic E-state index is 5.96. The summed E-state index contributed by atoms with van der Waals surface area (Å²) in [6, 6.07) is 4.20. The zero-order valence-electron chi connectivity index (χ0n) is 10.6. The summed E-state index contributed by atoms with van der Waals surface area (Å²) in [7, 11) is 4.04. The lowest BCUT2D eigenvalue weighted by Gasteiger charge is -2.21. The van der Waals surface area contributed by atoms with E-state index in [2.05, 4.69) is 27.5 Å². The molecular weight excluding hydrogens is 266 g/mol. The number of aromatic nitrogens is 1. The highest BCUT2D eigenvalue weighted by Crippen LogP contribution is 2.30. The van der Waals surface area contributed by atoms with Crippen LogP contribution in [0.1, 0.15) is 18.5 Å². The van der Waals surface area contributed by atoms with Gasteiger partial charge in [0.1, 0.15) is 0 Å². The summed E-state index contributed by atoms with van der Waals surface area (Å²) in [4.78, 5) is 6.23. The highest BCUT2D eigenvalue weighted by atomic mass is 35.5. The van der Waals surface area contributed by atoms with Gasteiger partial charge in [0.05, 0.1) is 21.9 Å². The normalized spacial score (nSPS) is 12.2. The van der Waals surface area contributed by atoms with Crippen LogP contribution in [0.5, 0.6) is 0 Å². The van der Waals surface area contributed by atoms with E-state index in [-0.39, 0.29) is 6.04 Å². The number of hydrogen-bond donors (Lipinski definition) is 1. The van der Waals surface area contributed by atoms with Gasteiger partial charge in [-0.3, -0.25) is 4.98 Å². The first-order valence-electron chi connectivity index (χ1n) is 5.69. The molecule has 2 heterocycles. The lowest BCUT2D eigenvalue weighted by atomic mass is 10.1. The van der Waals surface area contributed by atoms with E-state index < -0.39 is 0 Å². The van der Waals surface area contributed by atoms with Crippen LogP contribution in [0.3, 0.4) is 0 Å². The lowest BCUT2D eigenvalue weighted by molar-refractivity contribution is 0.886. The Hall–Kier alpha value is -1.26. The van der Waals surface area contributed by atoms with Crippen molar-refractivity contribution in [3.8, 4) is 0 Å². The number of rotatable bonds is 4. The van der Waals surface area contributed by atoms with Crippen molar-refractivity contribution in [3.63, 3.8) is 0 Å². The molecule has 0 aromatic carbocycles. The van der Waals surface area contributed by atoms with Crippen LogP contribution in [0.25, 0.3) is 0 Å². The minimum absolute atomic E-state index is 0.205. The Labute approximate surface area is 116 Å². The molecule has 2 rings (SSSR count). The molecule has 5 heteroatoms. The molecule has 2 aromatic heterocycles. The predicted molar refractivity (Wildman–Crippen MR) is 79.9 cm³/mol. The van der Waals surface area contributed by atoms with E-state index in [1.54, 1.807) is 17.5 Å². The Kier molecular flexibility index (Phi) is 4.09. The van der Waals surface area contributed by atoms with Gasteiger partial charge >= 0.3 is 0 Å². The second-order valence-corrected chi connectivity index (χ2v) is 5.88. The summed E-state index contributed by atoms with van der Waals surface area (Å²) < 4.78 is 0.817. The molecule has 0 radical (unpaired) electrons. The number of pyridine rings is 1. The van der Waals surface area contributed by atoms with Gasteiger partial charge in [0.2, 0.25) is 0 Å². The van der Waals surface area contributed by atoms with Gasteiger partial charge in [-0.05, 0) is 30.0 Å². The molecule has 1 N–H and O–H groups in total. The SMILES string of the molecule is CC(Nc1cnccc1N(C)C)c1csc(Cl)c1. The van der Waals surface area contributed by atoms with Crippen LogP contribution in [0.2, 0.25) is 4.34 Å². The second kappa shape index (κ2) is 5.59. The first-order valence-corrected chi connectivity index (χ1v) is 6.95. The zero-order valence-corrected chi connectivity index (χ0v) is 12.2. The molecule has 0 saturated carbocycles. The van der Waals surface area contributed by atoms with E-state index in [0.29, 0.717) is 0 Å². The topological polar surface area (TPSA) is 28.2 Å². The summed E-state index contributed by atoms with van der Waals surface area (Å²) in [6.45, 7) is 2.12. The number of nitrogens with zero attached hydrogens (tertiary/aromatic N) is 2. The molecule has 0 spiro atoms. The number of nitrogens with one attached hydrogen (secondary N) is 1. The Morgan fingerprint density at radius 3 is 2.83 bits per heavy atom. The maximum Gasteiger partial charge on any atom is 0.0931 e. The molecule has 1 atom stereocenters. The van der Waals surface area contributed by atoms with Crippen molar-refractivity contribution in [1.29, 1.82) is 0 Å². The molecule has 96 valence electrons. The molecular formula is C13H16ClN3S. The fraction of sp³-hybridized carbons (Fsp3) is 0.308. The van der Waals surface area contributed by atoms with Crippen molar-refractivity contribution in [3.05, 3.63) is 39.8 Å². The fourth-order valence-electron chi connectivity index (χ4n) is 1.76. The molecule has 2 aromatic rings. The van der Waals surface area contributed by atoms with Crippen LogP contribution >= 0.6 is 22.9 Å². The van der Waals surface area contributed by atoms with Gasteiger partial charge in [-0.25, -0.2) is 0 Å². The average Bonchev–Trinajstić information content (AvgIpc) is 2.76. The van der Waals surface area contributed by atoms with E-state index in [1.807, 2.05) is 32.4 Å². The number of anilines is 2. The van der Waals surface area contributed by atoms with Gasteiger partial charge in [0.15, 0.2) is 0 Å². The van der Waals surface area contributed by atoms with Crippen molar-refractivity contribution >= 4 is 34.3 Å². The maximum atomic E-state index is 5.96. The van der Waals surface area contributed by atoms with Crippen molar-refractivity contribution in [1.82, 2.24) is 4.98 Å². The molecule has 0 fully saturated rings. The van der Waals surface area contributed by atoms with Gasteiger partial charge in [0, 0.05) is 26.3 Å². The summed E-state index contributed by atoms with van der Waals surface area (Å²) in [6.07, 6.45) is 3.65. The first kappa shape index (κ1) is 13.2. The highest BCUT2D eigenvalue weighted by molar-refractivity contribution is 7.14. The third kappa shape index (κ3) is 2.94. The molecule has 0 aliphatic rings. The van der Waals surface area contributed by atoms with E-state index in [4.69, 9.17) is 11.6 Å². The minimum atomic E-state index is 0.205. The second-order valence-electron chi connectivity index (χ2n) is 4.34. The smallest absolute Gasteiger partial charge is 0.0931 e. The third-order valence-corrected chi connectivity index (χ3v) is 3.85. The van der Waals surface area contributed by atoms with Gasteiger partial charge in [0.25, 0.3) is 0 Å². The van der Waals surface area contributed by atoms with Crippen LogP contribution in [-0.2, 0) is 0 Å². The first-order chi connectivity index (χ1) is 8.58.